The highest BCUT2D eigenvalue weighted by molar-refractivity contribution is 5.22. The maximum absolute atomic E-state index is 13.1. The van der Waals surface area contributed by atoms with Crippen LogP contribution in [0.1, 0.15) is 91.9 Å². The molecule has 4 aliphatic carbocycles. The largest absolute Gasteiger partial charge is 0.416 e. The van der Waals surface area contributed by atoms with E-state index in [-0.39, 0.29) is 23.4 Å². The lowest BCUT2D eigenvalue weighted by molar-refractivity contribution is -0.256. The standard InChI is InChI=1S/C27H43F3O2/c1-17(10-15-26(4,31)27(28,29)30)22-8-9-23-21-7-6-18-16-24(2,32-5)13-11-19(18)20(21)12-14-25(22,23)3/h6,17,19-23,31H,7-16H2,1-5H3. The zero-order valence-electron chi connectivity index (χ0n) is 20.6. The van der Waals surface area contributed by atoms with Gasteiger partial charge in [-0.1, -0.05) is 25.5 Å². The zero-order valence-corrected chi connectivity index (χ0v) is 20.6. The first kappa shape index (κ1) is 24.6. The lowest BCUT2D eigenvalue weighted by Crippen LogP contribution is -2.48. The predicted molar refractivity (Wildman–Crippen MR) is 121 cm³/mol. The van der Waals surface area contributed by atoms with Crippen molar-refractivity contribution in [3.8, 4) is 0 Å². The molecule has 0 saturated heterocycles. The van der Waals surface area contributed by atoms with Gasteiger partial charge in [-0.05, 0) is 119 Å². The highest BCUT2D eigenvalue weighted by atomic mass is 19.4. The molecule has 0 aromatic heterocycles. The number of hydrogen-bond donors (Lipinski definition) is 1. The van der Waals surface area contributed by atoms with E-state index in [1.165, 1.54) is 32.1 Å². The van der Waals surface area contributed by atoms with Crippen molar-refractivity contribution in [2.24, 2.45) is 40.9 Å². The Bertz CT molecular complexity index is 729. The summed E-state index contributed by atoms with van der Waals surface area (Å²) in [6, 6.07) is 0. The second-order valence-corrected chi connectivity index (χ2v) is 12.4. The number of aliphatic hydroxyl groups is 1. The molecule has 0 aromatic carbocycles. The maximum Gasteiger partial charge on any atom is 0.416 e. The summed E-state index contributed by atoms with van der Waals surface area (Å²) in [4.78, 5) is 0. The van der Waals surface area contributed by atoms with Gasteiger partial charge in [-0.15, -0.1) is 0 Å². The van der Waals surface area contributed by atoms with Crippen LogP contribution in [0.5, 0.6) is 0 Å². The topological polar surface area (TPSA) is 29.5 Å². The number of allylic oxidation sites excluding steroid dienone is 1. The van der Waals surface area contributed by atoms with Crippen LogP contribution in [-0.4, -0.2) is 29.6 Å². The summed E-state index contributed by atoms with van der Waals surface area (Å²) in [5, 5.41) is 9.92. The van der Waals surface area contributed by atoms with E-state index in [0.717, 1.165) is 38.0 Å². The van der Waals surface area contributed by atoms with Crippen molar-refractivity contribution in [3.63, 3.8) is 0 Å². The van der Waals surface area contributed by atoms with Crippen molar-refractivity contribution in [1.29, 1.82) is 0 Å². The molecule has 0 radical (unpaired) electrons. The third-order valence-electron chi connectivity index (χ3n) is 10.7. The number of hydrogen-bond acceptors (Lipinski definition) is 2. The van der Waals surface area contributed by atoms with Crippen molar-refractivity contribution < 1.29 is 23.0 Å². The van der Waals surface area contributed by atoms with Crippen molar-refractivity contribution in [1.82, 2.24) is 0 Å². The number of rotatable bonds is 5. The smallest absolute Gasteiger partial charge is 0.381 e. The van der Waals surface area contributed by atoms with E-state index in [1.54, 1.807) is 5.57 Å². The lowest BCUT2D eigenvalue weighted by Gasteiger charge is -2.55. The molecule has 3 saturated carbocycles. The Hall–Kier alpha value is -0.550. The maximum atomic E-state index is 13.1. The van der Waals surface area contributed by atoms with Crippen LogP contribution >= 0.6 is 0 Å². The van der Waals surface area contributed by atoms with Gasteiger partial charge in [-0.3, -0.25) is 0 Å². The molecule has 5 heteroatoms. The minimum Gasteiger partial charge on any atom is -0.381 e. The molecule has 0 heterocycles. The van der Waals surface area contributed by atoms with Crippen LogP contribution in [0.3, 0.4) is 0 Å². The van der Waals surface area contributed by atoms with E-state index in [4.69, 9.17) is 4.74 Å². The Balaban J connectivity index is 1.45. The number of halogens is 3. The summed E-state index contributed by atoms with van der Waals surface area (Å²) in [6.07, 6.45) is 7.62. The summed E-state index contributed by atoms with van der Waals surface area (Å²) in [6.45, 7) is 7.73. The van der Waals surface area contributed by atoms with E-state index >= 15 is 0 Å². The number of alkyl halides is 3. The molecule has 3 fully saturated rings. The molecule has 9 atom stereocenters. The van der Waals surface area contributed by atoms with Crippen LogP contribution < -0.4 is 0 Å². The van der Waals surface area contributed by atoms with Gasteiger partial charge in [-0.2, -0.15) is 13.2 Å². The summed E-state index contributed by atoms with van der Waals surface area (Å²) < 4.78 is 45.2. The normalized spacial score (nSPS) is 44.7. The molecule has 4 rings (SSSR count). The fourth-order valence-corrected chi connectivity index (χ4v) is 8.45. The van der Waals surface area contributed by atoms with Gasteiger partial charge in [0.05, 0.1) is 5.60 Å². The summed E-state index contributed by atoms with van der Waals surface area (Å²) >= 11 is 0. The van der Waals surface area contributed by atoms with E-state index in [2.05, 4.69) is 26.8 Å². The first-order valence-electron chi connectivity index (χ1n) is 12.8. The molecule has 9 unspecified atom stereocenters. The first-order chi connectivity index (χ1) is 14.8. The van der Waals surface area contributed by atoms with Crippen LogP contribution in [-0.2, 0) is 4.74 Å². The fraction of sp³-hybridized carbons (Fsp3) is 0.926. The Morgan fingerprint density at radius 3 is 2.50 bits per heavy atom. The second-order valence-electron chi connectivity index (χ2n) is 12.4. The van der Waals surface area contributed by atoms with Gasteiger partial charge in [0.2, 0.25) is 0 Å². The van der Waals surface area contributed by atoms with Crippen LogP contribution in [0.4, 0.5) is 13.2 Å². The summed E-state index contributed by atoms with van der Waals surface area (Å²) in [5.74, 6) is 3.57. The average molecular weight is 457 g/mol. The van der Waals surface area contributed by atoms with E-state index < -0.39 is 11.8 Å². The molecule has 4 aliphatic rings. The monoisotopic (exact) mass is 456 g/mol. The van der Waals surface area contributed by atoms with Gasteiger partial charge < -0.3 is 9.84 Å². The molecule has 0 spiro atoms. The van der Waals surface area contributed by atoms with Gasteiger partial charge in [0, 0.05) is 7.11 Å². The minimum absolute atomic E-state index is 0.0101. The number of ether oxygens (including phenoxy) is 1. The van der Waals surface area contributed by atoms with Gasteiger partial charge in [0.25, 0.3) is 0 Å². The molecular formula is C27H43F3O2. The number of methoxy groups -OCH3 is 1. The highest BCUT2D eigenvalue weighted by Gasteiger charge is 2.57. The molecule has 0 amide bonds. The molecule has 184 valence electrons. The van der Waals surface area contributed by atoms with Crippen molar-refractivity contribution in [2.75, 3.05) is 7.11 Å². The quantitative estimate of drug-likeness (QED) is 0.440. The third-order valence-corrected chi connectivity index (χ3v) is 10.7. The Labute approximate surface area is 192 Å². The molecule has 0 aromatic rings. The Morgan fingerprint density at radius 2 is 1.84 bits per heavy atom. The molecule has 1 N–H and O–H groups in total. The lowest BCUT2D eigenvalue weighted by atomic mass is 9.50. The Morgan fingerprint density at radius 1 is 1.12 bits per heavy atom. The molecule has 32 heavy (non-hydrogen) atoms. The van der Waals surface area contributed by atoms with Crippen molar-refractivity contribution >= 4 is 0 Å². The SMILES string of the molecule is COC1(C)CCC2C(=CCC3C2CCC2(C)C(C(C)CCC(C)(O)C(F)(F)F)CCC32)C1. The van der Waals surface area contributed by atoms with Gasteiger partial charge >= 0.3 is 6.18 Å². The van der Waals surface area contributed by atoms with Crippen LogP contribution in [0, 0.1) is 40.9 Å². The first-order valence-corrected chi connectivity index (χ1v) is 12.8. The van der Waals surface area contributed by atoms with Gasteiger partial charge in [-0.25, -0.2) is 0 Å². The van der Waals surface area contributed by atoms with Crippen molar-refractivity contribution in [3.05, 3.63) is 11.6 Å². The van der Waals surface area contributed by atoms with Gasteiger partial charge in [0.1, 0.15) is 0 Å². The molecule has 0 bridgehead atoms. The number of fused-ring (bicyclic) bond motifs is 5. The second kappa shape index (κ2) is 8.29. The zero-order chi connectivity index (χ0) is 23.5. The fourth-order valence-electron chi connectivity index (χ4n) is 8.45. The van der Waals surface area contributed by atoms with Gasteiger partial charge in [0.15, 0.2) is 5.60 Å². The minimum atomic E-state index is -4.56. The molecule has 2 nitrogen and oxygen atoms in total. The van der Waals surface area contributed by atoms with Crippen LogP contribution in [0.15, 0.2) is 11.6 Å². The van der Waals surface area contributed by atoms with E-state index in [9.17, 15) is 18.3 Å². The molecular weight excluding hydrogens is 413 g/mol. The van der Waals surface area contributed by atoms with E-state index in [0.29, 0.717) is 24.2 Å². The molecule has 0 aliphatic heterocycles. The Kier molecular flexibility index (Phi) is 6.36. The summed E-state index contributed by atoms with van der Waals surface area (Å²) in [7, 11) is 1.84. The summed E-state index contributed by atoms with van der Waals surface area (Å²) in [5.41, 5.74) is -0.738. The predicted octanol–water partition coefficient (Wildman–Crippen LogP) is 7.31. The van der Waals surface area contributed by atoms with Crippen LogP contribution in [0.25, 0.3) is 0 Å². The average Bonchev–Trinajstić information content (AvgIpc) is 3.08. The van der Waals surface area contributed by atoms with Crippen LogP contribution in [0.2, 0.25) is 0 Å². The van der Waals surface area contributed by atoms with Crippen molar-refractivity contribution in [2.45, 2.75) is 109 Å². The highest BCUT2D eigenvalue weighted by Crippen LogP contribution is 2.65. The third kappa shape index (κ3) is 4.08. The van der Waals surface area contributed by atoms with E-state index in [1.807, 2.05) is 7.11 Å².